The summed E-state index contributed by atoms with van der Waals surface area (Å²) in [6, 6.07) is 1.61. The third-order valence-electron chi connectivity index (χ3n) is 2.35. The van der Waals surface area contributed by atoms with Gasteiger partial charge in [-0.15, -0.1) is 0 Å². The van der Waals surface area contributed by atoms with Crippen LogP contribution in [0.4, 0.5) is 5.82 Å². The molecular weight excluding hydrogens is 208 g/mol. The van der Waals surface area contributed by atoms with Crippen LogP contribution in [0.3, 0.4) is 0 Å². The number of carboxylic acids is 1. The molecule has 1 saturated carbocycles. The number of rotatable bonds is 4. The smallest absolute Gasteiger partial charge is 0.343 e. The second kappa shape index (κ2) is 4.00. The second-order valence-corrected chi connectivity index (χ2v) is 4.02. The van der Waals surface area contributed by atoms with Crippen molar-refractivity contribution < 1.29 is 14.6 Å². The largest absolute Gasteiger partial charge is 0.489 e. The highest BCUT2D eigenvalue weighted by atomic mass is 16.5. The van der Waals surface area contributed by atoms with Crippen LogP contribution < -0.4 is 9.64 Å². The Morgan fingerprint density at radius 1 is 1.56 bits per heavy atom. The summed E-state index contributed by atoms with van der Waals surface area (Å²) in [6.45, 7) is 0. The molecule has 0 radical (unpaired) electrons. The van der Waals surface area contributed by atoms with Gasteiger partial charge in [-0.2, -0.15) is 0 Å². The molecule has 1 N–H and O–H groups in total. The lowest BCUT2D eigenvalue weighted by molar-refractivity contribution is 0.0692. The molecule has 0 atom stereocenters. The molecule has 0 unspecified atom stereocenters. The average Bonchev–Trinajstić information content (AvgIpc) is 3.00. The number of hydrogen-bond acceptors (Lipinski definition) is 4. The molecule has 0 bridgehead atoms. The summed E-state index contributed by atoms with van der Waals surface area (Å²) < 4.78 is 5.56. The first kappa shape index (κ1) is 10.7. The van der Waals surface area contributed by atoms with Gasteiger partial charge in [0.15, 0.2) is 0 Å². The minimum Gasteiger partial charge on any atom is -0.489 e. The van der Waals surface area contributed by atoms with Gasteiger partial charge >= 0.3 is 5.97 Å². The lowest BCUT2D eigenvalue weighted by atomic mass is 10.2. The lowest BCUT2D eigenvalue weighted by Crippen LogP contribution is -2.17. The van der Waals surface area contributed by atoms with E-state index in [1.807, 2.05) is 0 Å². The Balaban J connectivity index is 2.41. The standard InChI is InChI=1S/C11H14N2O3/c1-13(2)10-9(11(14)15)8(5-6-12-10)16-7-3-4-7/h5-7H,3-4H2,1-2H3,(H,14,15). The fraction of sp³-hybridized carbons (Fsp3) is 0.455. The molecule has 16 heavy (non-hydrogen) atoms. The number of anilines is 1. The van der Waals surface area contributed by atoms with E-state index in [4.69, 9.17) is 4.74 Å². The van der Waals surface area contributed by atoms with Crippen LogP contribution in [-0.4, -0.2) is 36.3 Å². The van der Waals surface area contributed by atoms with Crippen LogP contribution in [0.25, 0.3) is 0 Å². The van der Waals surface area contributed by atoms with E-state index in [1.54, 1.807) is 31.3 Å². The predicted molar refractivity (Wildman–Crippen MR) is 59.2 cm³/mol. The summed E-state index contributed by atoms with van der Waals surface area (Å²) in [5.74, 6) is -0.174. The van der Waals surface area contributed by atoms with Crippen molar-refractivity contribution in [2.75, 3.05) is 19.0 Å². The Morgan fingerprint density at radius 3 is 2.75 bits per heavy atom. The first-order valence-electron chi connectivity index (χ1n) is 5.16. The first-order chi connectivity index (χ1) is 7.59. The summed E-state index contributed by atoms with van der Waals surface area (Å²) in [7, 11) is 3.52. The third-order valence-corrected chi connectivity index (χ3v) is 2.35. The Morgan fingerprint density at radius 2 is 2.25 bits per heavy atom. The molecule has 86 valence electrons. The normalized spacial score (nSPS) is 14.6. The molecule has 5 heteroatoms. The minimum absolute atomic E-state index is 0.138. The number of ether oxygens (including phenoxy) is 1. The topological polar surface area (TPSA) is 62.7 Å². The Hall–Kier alpha value is -1.78. The lowest BCUT2D eigenvalue weighted by Gasteiger charge is -2.16. The summed E-state index contributed by atoms with van der Waals surface area (Å²) in [4.78, 5) is 16.9. The Kier molecular flexibility index (Phi) is 2.68. The number of hydrogen-bond donors (Lipinski definition) is 1. The van der Waals surface area contributed by atoms with Gasteiger partial charge in [0, 0.05) is 20.3 Å². The number of pyridine rings is 1. The van der Waals surface area contributed by atoms with E-state index in [1.165, 1.54) is 0 Å². The van der Waals surface area contributed by atoms with E-state index in [0.29, 0.717) is 11.6 Å². The Labute approximate surface area is 93.7 Å². The van der Waals surface area contributed by atoms with Gasteiger partial charge in [0.25, 0.3) is 0 Å². The Bertz CT molecular complexity index is 414. The van der Waals surface area contributed by atoms with Gasteiger partial charge in [0.1, 0.15) is 17.1 Å². The summed E-state index contributed by atoms with van der Waals surface area (Å²) in [5, 5.41) is 9.18. The van der Waals surface area contributed by atoms with Crippen LogP contribution >= 0.6 is 0 Å². The van der Waals surface area contributed by atoms with Crippen molar-refractivity contribution in [1.82, 2.24) is 4.98 Å². The van der Waals surface area contributed by atoms with Gasteiger partial charge < -0.3 is 14.7 Å². The van der Waals surface area contributed by atoms with Gasteiger partial charge in [-0.1, -0.05) is 0 Å². The van der Waals surface area contributed by atoms with Gasteiger partial charge in [-0.25, -0.2) is 9.78 Å². The van der Waals surface area contributed by atoms with Crippen molar-refractivity contribution in [2.45, 2.75) is 18.9 Å². The van der Waals surface area contributed by atoms with Gasteiger partial charge in [0.2, 0.25) is 0 Å². The molecule has 0 amide bonds. The van der Waals surface area contributed by atoms with Crippen LogP contribution in [0.1, 0.15) is 23.2 Å². The number of nitrogens with zero attached hydrogens (tertiary/aromatic N) is 2. The average molecular weight is 222 g/mol. The fourth-order valence-corrected chi connectivity index (χ4v) is 1.44. The van der Waals surface area contributed by atoms with Crippen LogP contribution in [-0.2, 0) is 0 Å². The summed E-state index contributed by atoms with van der Waals surface area (Å²) >= 11 is 0. The maximum atomic E-state index is 11.2. The zero-order valence-corrected chi connectivity index (χ0v) is 9.30. The van der Waals surface area contributed by atoms with Crippen LogP contribution in [0.15, 0.2) is 12.3 Å². The highest BCUT2D eigenvalue weighted by Crippen LogP contribution is 2.32. The van der Waals surface area contributed by atoms with E-state index in [9.17, 15) is 9.90 Å². The highest BCUT2D eigenvalue weighted by molar-refractivity contribution is 5.96. The van der Waals surface area contributed by atoms with Crippen molar-refractivity contribution in [1.29, 1.82) is 0 Å². The molecular formula is C11H14N2O3. The maximum absolute atomic E-state index is 11.2. The number of aromatic carboxylic acids is 1. The SMILES string of the molecule is CN(C)c1nccc(OC2CC2)c1C(=O)O. The molecule has 0 saturated heterocycles. The van der Waals surface area contributed by atoms with E-state index < -0.39 is 5.97 Å². The van der Waals surface area contributed by atoms with Gasteiger partial charge in [-0.05, 0) is 18.9 Å². The van der Waals surface area contributed by atoms with Gasteiger partial charge in [0.05, 0.1) is 6.10 Å². The number of carbonyl (C=O) groups is 1. The monoisotopic (exact) mass is 222 g/mol. The third kappa shape index (κ3) is 2.08. The van der Waals surface area contributed by atoms with Crippen molar-refractivity contribution in [2.24, 2.45) is 0 Å². The number of carboxylic acid groups (broad SMARTS) is 1. The van der Waals surface area contributed by atoms with Crippen molar-refractivity contribution >= 4 is 11.8 Å². The minimum atomic E-state index is -1.01. The van der Waals surface area contributed by atoms with Crippen LogP contribution in [0.5, 0.6) is 5.75 Å². The molecule has 1 aliphatic carbocycles. The number of aromatic nitrogens is 1. The second-order valence-electron chi connectivity index (χ2n) is 4.02. The molecule has 1 fully saturated rings. The zero-order valence-electron chi connectivity index (χ0n) is 9.30. The summed E-state index contributed by atoms with van der Waals surface area (Å²) in [6.07, 6.45) is 3.74. The quantitative estimate of drug-likeness (QED) is 0.834. The maximum Gasteiger partial charge on any atom is 0.343 e. The van der Waals surface area contributed by atoms with Gasteiger partial charge in [-0.3, -0.25) is 0 Å². The molecule has 0 spiro atoms. The summed E-state index contributed by atoms with van der Waals surface area (Å²) in [5.41, 5.74) is 0.138. The molecule has 1 aliphatic rings. The molecule has 2 rings (SSSR count). The van der Waals surface area contributed by atoms with E-state index in [-0.39, 0.29) is 11.7 Å². The predicted octanol–water partition coefficient (Wildman–Crippen LogP) is 1.39. The zero-order chi connectivity index (χ0) is 11.7. The fourth-order valence-electron chi connectivity index (χ4n) is 1.44. The molecule has 0 aromatic carbocycles. The van der Waals surface area contributed by atoms with E-state index >= 15 is 0 Å². The van der Waals surface area contributed by atoms with E-state index in [0.717, 1.165) is 12.8 Å². The van der Waals surface area contributed by atoms with Crippen molar-refractivity contribution in [3.05, 3.63) is 17.8 Å². The first-order valence-corrected chi connectivity index (χ1v) is 5.16. The molecule has 1 aromatic heterocycles. The van der Waals surface area contributed by atoms with E-state index in [2.05, 4.69) is 4.98 Å². The molecule has 1 aromatic rings. The van der Waals surface area contributed by atoms with Crippen molar-refractivity contribution in [3.63, 3.8) is 0 Å². The molecule has 1 heterocycles. The molecule has 0 aliphatic heterocycles. The van der Waals surface area contributed by atoms with Crippen LogP contribution in [0.2, 0.25) is 0 Å². The molecule has 5 nitrogen and oxygen atoms in total. The van der Waals surface area contributed by atoms with Crippen LogP contribution in [0, 0.1) is 0 Å². The highest BCUT2D eigenvalue weighted by Gasteiger charge is 2.27. The van der Waals surface area contributed by atoms with Crippen molar-refractivity contribution in [3.8, 4) is 5.75 Å².